The smallest absolute Gasteiger partial charge is 0.0404 e. The van der Waals surface area contributed by atoms with Crippen molar-refractivity contribution >= 4 is 23.3 Å². The van der Waals surface area contributed by atoms with E-state index in [1.807, 2.05) is 18.2 Å². The van der Waals surface area contributed by atoms with Gasteiger partial charge in [0.15, 0.2) is 0 Å². The fourth-order valence-corrected chi connectivity index (χ4v) is 5.13. The Kier molecular flexibility index (Phi) is 6.61. The monoisotopic (exact) mass is 404 g/mol. The van der Waals surface area contributed by atoms with Gasteiger partial charge in [-0.1, -0.05) is 18.2 Å². The second-order valence-electron chi connectivity index (χ2n) is 9.45. The quantitative estimate of drug-likeness (QED) is 0.213. The molecule has 2 fully saturated rings. The lowest BCUT2D eigenvalue weighted by Crippen LogP contribution is -2.27. The molecule has 2 aliphatic carbocycles. The Morgan fingerprint density at radius 2 is 1.77 bits per heavy atom. The van der Waals surface area contributed by atoms with E-state index in [2.05, 4.69) is 41.0 Å². The zero-order valence-electron chi connectivity index (χ0n) is 18.0. The van der Waals surface area contributed by atoms with Crippen LogP contribution >= 0.6 is 0 Å². The van der Waals surface area contributed by atoms with Gasteiger partial charge in [0.25, 0.3) is 0 Å². The highest BCUT2D eigenvalue weighted by molar-refractivity contribution is 5.86. The van der Waals surface area contributed by atoms with Gasteiger partial charge in [-0.15, -0.1) is 0 Å². The van der Waals surface area contributed by atoms with Crippen LogP contribution in [0.15, 0.2) is 48.5 Å². The summed E-state index contributed by atoms with van der Waals surface area (Å²) < 4.78 is 0. The van der Waals surface area contributed by atoms with Crippen LogP contribution in [0.2, 0.25) is 0 Å². The van der Waals surface area contributed by atoms with E-state index in [9.17, 15) is 0 Å². The van der Waals surface area contributed by atoms with Gasteiger partial charge in [-0.2, -0.15) is 0 Å². The fraction of sp³-hybridized carbons (Fsp3) is 0.500. The molecule has 0 unspecified atom stereocenters. The molecule has 0 bridgehead atoms. The molecule has 2 aromatic carbocycles. The van der Waals surface area contributed by atoms with E-state index in [0.717, 1.165) is 23.7 Å². The van der Waals surface area contributed by atoms with Gasteiger partial charge >= 0.3 is 0 Å². The lowest BCUT2D eigenvalue weighted by molar-refractivity contribution is 0.255. The first-order valence-corrected chi connectivity index (χ1v) is 11.6. The van der Waals surface area contributed by atoms with Crippen LogP contribution in [0.3, 0.4) is 0 Å². The van der Waals surface area contributed by atoms with Gasteiger partial charge in [0, 0.05) is 41.4 Å². The van der Waals surface area contributed by atoms with Crippen LogP contribution in [0.25, 0.3) is 0 Å². The van der Waals surface area contributed by atoms with Crippen molar-refractivity contribution in [3.8, 4) is 0 Å². The predicted octanol–water partition coefficient (Wildman–Crippen LogP) is 6.30. The van der Waals surface area contributed by atoms with Crippen LogP contribution < -0.4 is 16.4 Å². The van der Waals surface area contributed by atoms with Crippen LogP contribution in [0, 0.1) is 16.7 Å². The van der Waals surface area contributed by atoms with E-state index >= 15 is 0 Å². The standard InChI is InChI=1S/C26H36N4/c27-19-21-17-24(11-12-25(21)28)30-23-9-7-20(8-10-23)18-26(14-15-26)13-4-16-29-22-5-2-1-3-6-22/h1-3,5-6,11-12,17,19-20,23,27,29-30H,4,7-10,13-16,18,28H2. The highest BCUT2D eigenvalue weighted by Crippen LogP contribution is 2.55. The molecule has 0 spiro atoms. The third-order valence-corrected chi connectivity index (χ3v) is 7.13. The summed E-state index contributed by atoms with van der Waals surface area (Å²) in [5.74, 6) is 0.899. The number of rotatable bonds is 10. The Labute approximate surface area is 181 Å². The van der Waals surface area contributed by atoms with Crippen molar-refractivity contribution < 1.29 is 0 Å². The normalized spacial score (nSPS) is 22.3. The van der Waals surface area contributed by atoms with Crippen LogP contribution in [-0.4, -0.2) is 18.8 Å². The number of anilines is 3. The Morgan fingerprint density at radius 3 is 2.47 bits per heavy atom. The van der Waals surface area contributed by atoms with Crippen molar-refractivity contribution in [2.45, 2.75) is 63.8 Å². The number of nitrogen functional groups attached to an aromatic ring is 1. The zero-order chi connectivity index (χ0) is 20.8. The molecule has 0 aromatic heterocycles. The molecule has 30 heavy (non-hydrogen) atoms. The van der Waals surface area contributed by atoms with Crippen LogP contribution in [0.5, 0.6) is 0 Å². The second-order valence-corrected chi connectivity index (χ2v) is 9.45. The van der Waals surface area contributed by atoms with Crippen molar-refractivity contribution in [3.63, 3.8) is 0 Å². The van der Waals surface area contributed by atoms with E-state index < -0.39 is 0 Å². The molecule has 5 N–H and O–H groups in total. The maximum absolute atomic E-state index is 7.48. The molecule has 2 saturated carbocycles. The molecule has 2 aliphatic rings. The number of benzene rings is 2. The molecular weight excluding hydrogens is 368 g/mol. The number of hydrogen-bond donors (Lipinski definition) is 4. The molecule has 160 valence electrons. The topological polar surface area (TPSA) is 73.9 Å². The summed E-state index contributed by atoms with van der Waals surface area (Å²) in [7, 11) is 0. The summed E-state index contributed by atoms with van der Waals surface area (Å²) in [6, 6.07) is 17.0. The van der Waals surface area contributed by atoms with E-state index in [-0.39, 0.29) is 0 Å². The molecule has 0 saturated heterocycles. The maximum atomic E-state index is 7.48. The summed E-state index contributed by atoms with van der Waals surface area (Å²) in [5.41, 5.74) is 10.4. The minimum atomic E-state index is 0.550. The summed E-state index contributed by atoms with van der Waals surface area (Å²) in [5, 5.41) is 14.7. The molecule has 4 heteroatoms. The largest absolute Gasteiger partial charge is 0.398 e. The number of hydrogen-bond acceptors (Lipinski definition) is 4. The third-order valence-electron chi connectivity index (χ3n) is 7.13. The Morgan fingerprint density at radius 1 is 1.00 bits per heavy atom. The summed E-state index contributed by atoms with van der Waals surface area (Å²) in [6.45, 7) is 1.09. The van der Waals surface area contributed by atoms with Gasteiger partial charge in [-0.3, -0.25) is 0 Å². The van der Waals surface area contributed by atoms with Gasteiger partial charge in [0.2, 0.25) is 0 Å². The maximum Gasteiger partial charge on any atom is 0.0404 e. The van der Waals surface area contributed by atoms with E-state index in [0.29, 0.717) is 17.1 Å². The second kappa shape index (κ2) is 9.55. The Balaban J connectivity index is 1.17. The highest BCUT2D eigenvalue weighted by atomic mass is 14.9. The van der Waals surface area contributed by atoms with Gasteiger partial charge in [0.05, 0.1) is 0 Å². The molecular formula is C26H36N4. The first-order valence-electron chi connectivity index (χ1n) is 11.6. The van der Waals surface area contributed by atoms with E-state index in [4.69, 9.17) is 11.1 Å². The van der Waals surface area contributed by atoms with E-state index in [1.54, 1.807) is 0 Å². The average Bonchev–Trinajstić information content (AvgIpc) is 3.54. The molecule has 4 nitrogen and oxygen atoms in total. The van der Waals surface area contributed by atoms with Crippen LogP contribution in [-0.2, 0) is 0 Å². The third kappa shape index (κ3) is 5.56. The average molecular weight is 405 g/mol. The van der Waals surface area contributed by atoms with Crippen LogP contribution in [0.4, 0.5) is 17.1 Å². The molecule has 4 rings (SSSR count). The van der Waals surface area contributed by atoms with Gasteiger partial charge in [-0.25, -0.2) is 0 Å². The van der Waals surface area contributed by atoms with Crippen LogP contribution in [0.1, 0.15) is 63.4 Å². The first-order chi connectivity index (χ1) is 14.7. The van der Waals surface area contributed by atoms with Gasteiger partial charge < -0.3 is 21.8 Å². The van der Waals surface area contributed by atoms with Crippen molar-refractivity contribution in [2.75, 3.05) is 22.9 Å². The van der Waals surface area contributed by atoms with Gasteiger partial charge in [-0.05, 0) is 99.5 Å². The SMILES string of the molecule is N=Cc1cc(NC2CCC(CC3(CCCNc4ccccc4)CC3)CC2)ccc1N. The molecule has 0 atom stereocenters. The molecule has 0 heterocycles. The van der Waals surface area contributed by atoms with Crippen molar-refractivity contribution in [1.82, 2.24) is 0 Å². The highest BCUT2D eigenvalue weighted by Gasteiger charge is 2.43. The first kappa shape index (κ1) is 20.8. The van der Waals surface area contributed by atoms with Crippen molar-refractivity contribution in [3.05, 3.63) is 54.1 Å². The summed E-state index contributed by atoms with van der Waals surface area (Å²) >= 11 is 0. The molecule has 0 amide bonds. The molecule has 0 radical (unpaired) electrons. The van der Waals surface area contributed by atoms with Gasteiger partial charge in [0.1, 0.15) is 0 Å². The number of para-hydroxylation sites is 1. The lowest BCUT2D eigenvalue weighted by atomic mass is 9.78. The zero-order valence-corrected chi connectivity index (χ0v) is 18.0. The summed E-state index contributed by atoms with van der Waals surface area (Å²) in [6.07, 6.45) is 13.5. The Hall–Kier alpha value is -2.49. The minimum absolute atomic E-state index is 0.550. The molecule has 0 aliphatic heterocycles. The minimum Gasteiger partial charge on any atom is -0.398 e. The Bertz CT molecular complexity index is 820. The number of nitrogens with one attached hydrogen (secondary N) is 3. The van der Waals surface area contributed by atoms with Crippen molar-refractivity contribution in [2.24, 2.45) is 11.3 Å². The van der Waals surface area contributed by atoms with Crippen molar-refractivity contribution in [1.29, 1.82) is 5.41 Å². The number of nitrogens with two attached hydrogens (primary N) is 1. The fourth-order valence-electron chi connectivity index (χ4n) is 5.13. The summed E-state index contributed by atoms with van der Waals surface area (Å²) in [4.78, 5) is 0. The predicted molar refractivity (Wildman–Crippen MR) is 129 cm³/mol. The van der Waals surface area contributed by atoms with E-state index in [1.165, 1.54) is 69.7 Å². The lowest BCUT2D eigenvalue weighted by Gasteiger charge is -2.32. The molecule has 2 aromatic rings.